The number of rotatable bonds is 3. The SMILES string of the molecule is CN=CC(=CN)c1ccc2c(c1)C(C#CC#N)CN2C(C)C. The van der Waals surface area contributed by atoms with Crippen LogP contribution in [0.25, 0.3) is 5.57 Å². The number of benzene rings is 1. The van der Waals surface area contributed by atoms with E-state index in [0.717, 1.165) is 23.2 Å². The van der Waals surface area contributed by atoms with Gasteiger partial charge in [0.1, 0.15) is 0 Å². The maximum absolute atomic E-state index is 8.72. The number of nitrogens with zero attached hydrogens (tertiary/aromatic N) is 3. The molecular weight excluding hydrogens is 272 g/mol. The first-order chi connectivity index (χ1) is 10.6. The molecular formula is C18H20N4. The molecule has 22 heavy (non-hydrogen) atoms. The Balaban J connectivity index is 2.51. The lowest BCUT2D eigenvalue weighted by Crippen LogP contribution is -2.29. The van der Waals surface area contributed by atoms with Gasteiger partial charge in [-0.2, -0.15) is 5.26 Å². The van der Waals surface area contributed by atoms with Gasteiger partial charge < -0.3 is 10.6 Å². The summed E-state index contributed by atoms with van der Waals surface area (Å²) >= 11 is 0. The van der Waals surface area contributed by atoms with E-state index < -0.39 is 0 Å². The van der Waals surface area contributed by atoms with Gasteiger partial charge in [-0.25, -0.2) is 0 Å². The average Bonchev–Trinajstić information content (AvgIpc) is 2.88. The van der Waals surface area contributed by atoms with E-state index in [0.29, 0.717) is 6.04 Å². The molecule has 0 radical (unpaired) electrons. The zero-order valence-electron chi connectivity index (χ0n) is 13.2. The summed E-state index contributed by atoms with van der Waals surface area (Å²) in [5, 5.41) is 8.72. The number of nitriles is 1. The van der Waals surface area contributed by atoms with E-state index >= 15 is 0 Å². The van der Waals surface area contributed by atoms with Crippen LogP contribution >= 0.6 is 0 Å². The molecule has 0 aromatic heterocycles. The van der Waals surface area contributed by atoms with Crippen molar-refractivity contribution in [3.05, 3.63) is 35.5 Å². The Morgan fingerprint density at radius 1 is 1.50 bits per heavy atom. The van der Waals surface area contributed by atoms with Crippen LogP contribution in [0.15, 0.2) is 29.4 Å². The molecule has 4 nitrogen and oxygen atoms in total. The molecule has 1 aromatic rings. The molecule has 112 valence electrons. The van der Waals surface area contributed by atoms with E-state index in [9.17, 15) is 0 Å². The van der Waals surface area contributed by atoms with Gasteiger partial charge in [0.15, 0.2) is 6.07 Å². The number of anilines is 1. The van der Waals surface area contributed by atoms with Crippen LogP contribution in [0.4, 0.5) is 5.69 Å². The predicted octanol–water partition coefficient (Wildman–Crippen LogP) is 2.53. The van der Waals surface area contributed by atoms with Crippen LogP contribution < -0.4 is 10.6 Å². The summed E-state index contributed by atoms with van der Waals surface area (Å²) in [7, 11) is 1.72. The maximum Gasteiger partial charge on any atom is 0.152 e. The monoisotopic (exact) mass is 292 g/mol. The highest BCUT2D eigenvalue weighted by molar-refractivity contribution is 6.09. The standard InChI is InChI=1S/C18H20N4/c1-13(2)22-12-15(5-4-8-19)17-9-14(6-7-18(17)22)16(10-20)11-21-3/h6-7,9-11,13,15H,12,20H2,1-3H3. The number of nitrogens with two attached hydrogens (primary N) is 1. The van der Waals surface area contributed by atoms with Crippen LogP contribution in [0.3, 0.4) is 0 Å². The topological polar surface area (TPSA) is 65.4 Å². The van der Waals surface area contributed by atoms with Crippen molar-refractivity contribution in [3.8, 4) is 17.9 Å². The molecule has 0 amide bonds. The van der Waals surface area contributed by atoms with Crippen molar-refractivity contribution in [2.45, 2.75) is 25.8 Å². The van der Waals surface area contributed by atoms with Crippen LogP contribution in [0.2, 0.25) is 0 Å². The minimum Gasteiger partial charge on any atom is -0.404 e. The Morgan fingerprint density at radius 3 is 2.86 bits per heavy atom. The van der Waals surface area contributed by atoms with Gasteiger partial charge in [-0.1, -0.05) is 12.0 Å². The number of allylic oxidation sites excluding steroid dienone is 1. The summed E-state index contributed by atoms with van der Waals surface area (Å²) in [5.74, 6) is 5.64. The van der Waals surface area contributed by atoms with E-state index in [1.165, 1.54) is 5.69 Å². The fourth-order valence-corrected chi connectivity index (χ4v) is 2.75. The van der Waals surface area contributed by atoms with E-state index in [1.54, 1.807) is 19.5 Å². The summed E-state index contributed by atoms with van der Waals surface area (Å²) in [4.78, 5) is 6.35. The zero-order valence-corrected chi connectivity index (χ0v) is 13.2. The molecule has 2 rings (SSSR count). The average molecular weight is 292 g/mol. The fourth-order valence-electron chi connectivity index (χ4n) is 2.75. The second-order valence-electron chi connectivity index (χ2n) is 5.46. The zero-order chi connectivity index (χ0) is 16.1. The molecule has 0 spiro atoms. The van der Waals surface area contributed by atoms with E-state index in [4.69, 9.17) is 11.0 Å². The van der Waals surface area contributed by atoms with Crippen LogP contribution in [0.1, 0.15) is 30.9 Å². The van der Waals surface area contributed by atoms with Gasteiger partial charge in [-0.05, 0) is 37.1 Å². The molecule has 0 bridgehead atoms. The largest absolute Gasteiger partial charge is 0.404 e. The van der Waals surface area contributed by atoms with Crippen LogP contribution in [0, 0.1) is 23.2 Å². The van der Waals surface area contributed by atoms with E-state index in [-0.39, 0.29) is 5.92 Å². The molecule has 0 fully saturated rings. The maximum atomic E-state index is 8.72. The Kier molecular flexibility index (Phi) is 4.86. The fraction of sp³-hybridized carbons (Fsp3) is 0.333. The predicted molar refractivity (Wildman–Crippen MR) is 91.6 cm³/mol. The lowest BCUT2D eigenvalue weighted by molar-refractivity contribution is 0.695. The van der Waals surface area contributed by atoms with Crippen molar-refractivity contribution in [3.63, 3.8) is 0 Å². The highest BCUT2D eigenvalue weighted by Crippen LogP contribution is 2.38. The van der Waals surface area contributed by atoms with E-state index in [2.05, 4.69) is 53.8 Å². The van der Waals surface area contributed by atoms with Crippen LogP contribution in [0.5, 0.6) is 0 Å². The van der Waals surface area contributed by atoms with Crippen molar-refractivity contribution in [1.82, 2.24) is 0 Å². The highest BCUT2D eigenvalue weighted by Gasteiger charge is 2.29. The van der Waals surface area contributed by atoms with Crippen molar-refractivity contribution in [2.75, 3.05) is 18.5 Å². The van der Waals surface area contributed by atoms with Crippen LogP contribution in [-0.2, 0) is 0 Å². The summed E-state index contributed by atoms with van der Waals surface area (Å²) in [5.41, 5.74) is 9.91. The molecule has 0 saturated heterocycles. The normalized spacial score (nSPS) is 17.3. The number of hydrogen-bond donors (Lipinski definition) is 1. The second-order valence-corrected chi connectivity index (χ2v) is 5.46. The van der Waals surface area contributed by atoms with Gasteiger partial charge >= 0.3 is 0 Å². The third-order valence-electron chi connectivity index (χ3n) is 3.80. The number of fused-ring (bicyclic) bond motifs is 1. The summed E-state index contributed by atoms with van der Waals surface area (Å²) in [6.07, 6.45) is 3.30. The molecule has 1 aliphatic heterocycles. The number of hydrogen-bond acceptors (Lipinski definition) is 4. The van der Waals surface area contributed by atoms with Crippen LogP contribution in [-0.4, -0.2) is 25.8 Å². The quantitative estimate of drug-likeness (QED) is 0.687. The first-order valence-corrected chi connectivity index (χ1v) is 7.27. The minimum absolute atomic E-state index is 0.0505. The molecule has 2 N–H and O–H groups in total. The van der Waals surface area contributed by atoms with Gasteiger partial charge in [-0.15, -0.1) is 0 Å². The summed E-state index contributed by atoms with van der Waals surface area (Å²) < 4.78 is 0. The molecule has 1 aliphatic rings. The summed E-state index contributed by atoms with van der Waals surface area (Å²) in [6, 6.07) is 8.55. The van der Waals surface area contributed by atoms with Gasteiger partial charge in [0.2, 0.25) is 0 Å². The van der Waals surface area contributed by atoms with E-state index in [1.807, 2.05) is 6.07 Å². The minimum atomic E-state index is 0.0505. The Bertz CT molecular complexity index is 711. The third-order valence-corrected chi connectivity index (χ3v) is 3.80. The van der Waals surface area contributed by atoms with Crippen molar-refractivity contribution in [1.29, 1.82) is 5.26 Å². The lowest BCUT2D eigenvalue weighted by Gasteiger charge is -2.24. The first-order valence-electron chi connectivity index (χ1n) is 7.27. The Labute approximate surface area is 132 Å². The van der Waals surface area contributed by atoms with Gasteiger partial charge in [-0.3, -0.25) is 4.99 Å². The molecule has 0 aliphatic carbocycles. The Morgan fingerprint density at radius 2 is 2.27 bits per heavy atom. The molecule has 0 saturated carbocycles. The second kappa shape index (κ2) is 6.83. The smallest absolute Gasteiger partial charge is 0.152 e. The third kappa shape index (κ3) is 2.97. The van der Waals surface area contributed by atoms with Crippen molar-refractivity contribution in [2.24, 2.45) is 10.7 Å². The van der Waals surface area contributed by atoms with Crippen molar-refractivity contribution < 1.29 is 0 Å². The molecule has 1 unspecified atom stereocenters. The van der Waals surface area contributed by atoms with Gasteiger partial charge in [0.25, 0.3) is 0 Å². The number of aliphatic imine (C=N–C) groups is 1. The molecule has 1 atom stereocenters. The van der Waals surface area contributed by atoms with Crippen molar-refractivity contribution >= 4 is 17.5 Å². The first kappa shape index (κ1) is 15.7. The molecule has 1 aromatic carbocycles. The molecule has 4 heteroatoms. The lowest BCUT2D eigenvalue weighted by atomic mass is 9.97. The highest BCUT2D eigenvalue weighted by atomic mass is 15.2. The van der Waals surface area contributed by atoms with Gasteiger partial charge in [0, 0.05) is 49.2 Å². The van der Waals surface area contributed by atoms with Gasteiger partial charge in [0.05, 0.1) is 5.92 Å². The summed E-state index contributed by atoms with van der Waals surface area (Å²) in [6.45, 7) is 5.13. The molecule has 1 heterocycles. The Hall–Kier alpha value is -2.72.